The maximum absolute atomic E-state index is 11.9. The van der Waals surface area contributed by atoms with Gasteiger partial charge in [0.1, 0.15) is 0 Å². The highest BCUT2D eigenvalue weighted by Crippen LogP contribution is 2.21. The summed E-state index contributed by atoms with van der Waals surface area (Å²) in [6, 6.07) is 5.95. The summed E-state index contributed by atoms with van der Waals surface area (Å²) in [5, 5.41) is 2.98. The van der Waals surface area contributed by atoms with E-state index in [0.717, 1.165) is 37.1 Å². The Kier molecular flexibility index (Phi) is 5.00. The zero-order chi connectivity index (χ0) is 13.0. The van der Waals surface area contributed by atoms with Gasteiger partial charge in [0.25, 0.3) is 0 Å². The van der Waals surface area contributed by atoms with Gasteiger partial charge in [-0.1, -0.05) is 6.07 Å². The smallest absolute Gasteiger partial charge is 0.224 e. The second kappa shape index (κ2) is 6.52. The Hall–Kier alpha value is -0.620. The zero-order valence-electron chi connectivity index (χ0n) is 10.5. The van der Waals surface area contributed by atoms with Crippen molar-refractivity contribution in [2.24, 2.45) is 0 Å². The second-order valence-electron chi connectivity index (χ2n) is 4.63. The highest BCUT2D eigenvalue weighted by molar-refractivity contribution is 14.1. The molecule has 1 heterocycles. The quantitative estimate of drug-likeness (QED) is 0.836. The molecule has 1 saturated heterocycles. The maximum atomic E-state index is 11.9. The molecule has 0 bridgehead atoms. The number of ether oxygens (including phenoxy) is 1. The van der Waals surface area contributed by atoms with E-state index in [1.807, 2.05) is 25.1 Å². The second-order valence-corrected chi connectivity index (χ2v) is 5.80. The third kappa shape index (κ3) is 3.68. The Bertz CT molecular complexity index is 428. The molecule has 1 N–H and O–H groups in total. The molecule has 1 aromatic carbocycles. The predicted octanol–water partition coefficient (Wildman–Crippen LogP) is 3.50. The van der Waals surface area contributed by atoms with Gasteiger partial charge in [-0.3, -0.25) is 4.79 Å². The number of nitrogens with one attached hydrogen (secondary N) is 1. The molecule has 0 aliphatic carbocycles. The number of carbonyl (C=O) groups is 1. The Labute approximate surface area is 121 Å². The number of hydrogen-bond donors (Lipinski definition) is 1. The van der Waals surface area contributed by atoms with Crippen LogP contribution in [0.1, 0.15) is 31.2 Å². The van der Waals surface area contributed by atoms with Gasteiger partial charge in [-0.05, 0) is 66.5 Å². The van der Waals surface area contributed by atoms with E-state index < -0.39 is 0 Å². The minimum absolute atomic E-state index is 0.0793. The van der Waals surface area contributed by atoms with Crippen LogP contribution in [0.4, 0.5) is 5.69 Å². The first-order valence-corrected chi connectivity index (χ1v) is 7.41. The van der Waals surface area contributed by atoms with Crippen molar-refractivity contribution < 1.29 is 9.53 Å². The summed E-state index contributed by atoms with van der Waals surface area (Å²) < 4.78 is 6.69. The van der Waals surface area contributed by atoms with Crippen LogP contribution in [-0.2, 0) is 9.53 Å². The molecule has 0 saturated carbocycles. The largest absolute Gasteiger partial charge is 0.378 e. The highest BCUT2D eigenvalue weighted by atomic mass is 127. The molecule has 98 valence electrons. The molecule has 0 radical (unpaired) electrons. The zero-order valence-corrected chi connectivity index (χ0v) is 12.7. The molecule has 2 rings (SSSR count). The minimum atomic E-state index is 0.0793. The van der Waals surface area contributed by atoms with Crippen LogP contribution in [0, 0.1) is 10.5 Å². The van der Waals surface area contributed by atoms with Crippen LogP contribution < -0.4 is 5.32 Å². The van der Waals surface area contributed by atoms with Crippen molar-refractivity contribution in [1.29, 1.82) is 0 Å². The van der Waals surface area contributed by atoms with Crippen molar-refractivity contribution in [3.05, 3.63) is 27.3 Å². The van der Waals surface area contributed by atoms with Crippen molar-refractivity contribution in [2.45, 2.75) is 38.7 Å². The lowest BCUT2D eigenvalue weighted by molar-refractivity contribution is -0.116. The standard InChI is InChI=1S/C14H18INO2/c1-10-12(15)5-2-6-13(10)16-14(17)8-7-11-4-3-9-18-11/h2,5-6,11H,3-4,7-9H2,1H3,(H,16,17). The van der Waals surface area contributed by atoms with Gasteiger partial charge in [0.05, 0.1) is 6.10 Å². The molecule has 1 aliphatic heterocycles. The van der Waals surface area contributed by atoms with E-state index in [-0.39, 0.29) is 12.0 Å². The van der Waals surface area contributed by atoms with Gasteiger partial charge < -0.3 is 10.1 Å². The first kappa shape index (κ1) is 13.8. The normalized spacial score (nSPS) is 18.9. The minimum Gasteiger partial charge on any atom is -0.378 e. The summed E-state index contributed by atoms with van der Waals surface area (Å²) in [6.07, 6.45) is 3.87. The highest BCUT2D eigenvalue weighted by Gasteiger charge is 2.16. The van der Waals surface area contributed by atoms with Crippen molar-refractivity contribution in [3.8, 4) is 0 Å². The number of hydrogen-bond acceptors (Lipinski definition) is 2. The Morgan fingerprint density at radius 3 is 3.11 bits per heavy atom. The number of anilines is 1. The van der Waals surface area contributed by atoms with Gasteiger partial charge in [0.2, 0.25) is 5.91 Å². The topological polar surface area (TPSA) is 38.3 Å². The fourth-order valence-electron chi connectivity index (χ4n) is 2.12. The van der Waals surface area contributed by atoms with Crippen LogP contribution in [0.2, 0.25) is 0 Å². The van der Waals surface area contributed by atoms with Gasteiger partial charge in [-0.25, -0.2) is 0 Å². The van der Waals surface area contributed by atoms with Crippen molar-refractivity contribution >= 4 is 34.2 Å². The molecule has 0 aromatic heterocycles. The van der Waals surface area contributed by atoms with Crippen LogP contribution in [0.25, 0.3) is 0 Å². The molecule has 1 atom stereocenters. The van der Waals surface area contributed by atoms with E-state index in [9.17, 15) is 4.79 Å². The average Bonchev–Trinajstić information content (AvgIpc) is 2.86. The van der Waals surface area contributed by atoms with Gasteiger partial charge >= 0.3 is 0 Å². The maximum Gasteiger partial charge on any atom is 0.224 e. The summed E-state index contributed by atoms with van der Waals surface area (Å²) >= 11 is 2.28. The average molecular weight is 359 g/mol. The molecule has 4 heteroatoms. The van der Waals surface area contributed by atoms with E-state index in [4.69, 9.17) is 4.74 Å². The van der Waals surface area contributed by atoms with E-state index in [1.165, 1.54) is 3.57 Å². The number of carbonyl (C=O) groups excluding carboxylic acids is 1. The molecular formula is C14H18INO2. The number of benzene rings is 1. The molecule has 1 amide bonds. The molecule has 1 aliphatic rings. The van der Waals surface area contributed by atoms with E-state index in [0.29, 0.717) is 6.42 Å². The molecule has 1 unspecified atom stereocenters. The molecule has 1 aromatic rings. The van der Waals surface area contributed by atoms with Crippen LogP contribution in [0.5, 0.6) is 0 Å². The fraction of sp³-hybridized carbons (Fsp3) is 0.500. The summed E-state index contributed by atoms with van der Waals surface area (Å²) in [4.78, 5) is 11.9. The lowest BCUT2D eigenvalue weighted by Gasteiger charge is -2.11. The third-order valence-corrected chi connectivity index (χ3v) is 4.43. The SMILES string of the molecule is Cc1c(I)cccc1NC(=O)CCC1CCCO1. The number of amides is 1. The lowest BCUT2D eigenvalue weighted by Crippen LogP contribution is -2.16. The first-order valence-electron chi connectivity index (χ1n) is 6.33. The Morgan fingerprint density at radius 2 is 2.39 bits per heavy atom. The fourth-order valence-corrected chi connectivity index (χ4v) is 2.62. The van der Waals surface area contributed by atoms with Gasteiger partial charge in [-0.2, -0.15) is 0 Å². The van der Waals surface area contributed by atoms with Gasteiger partial charge in [0.15, 0.2) is 0 Å². The van der Waals surface area contributed by atoms with Crippen molar-refractivity contribution in [2.75, 3.05) is 11.9 Å². The molecule has 1 fully saturated rings. The van der Waals surface area contributed by atoms with Crippen molar-refractivity contribution in [1.82, 2.24) is 0 Å². The summed E-state index contributed by atoms with van der Waals surface area (Å²) in [7, 11) is 0. The number of rotatable bonds is 4. The molecule has 3 nitrogen and oxygen atoms in total. The number of halogens is 1. The van der Waals surface area contributed by atoms with Crippen LogP contribution in [0.3, 0.4) is 0 Å². The van der Waals surface area contributed by atoms with Gasteiger partial charge in [0, 0.05) is 22.3 Å². The lowest BCUT2D eigenvalue weighted by atomic mass is 10.1. The van der Waals surface area contributed by atoms with Crippen molar-refractivity contribution in [3.63, 3.8) is 0 Å². The van der Waals surface area contributed by atoms with E-state index >= 15 is 0 Å². The summed E-state index contributed by atoms with van der Waals surface area (Å²) in [6.45, 7) is 2.87. The Morgan fingerprint density at radius 1 is 1.56 bits per heavy atom. The Balaban J connectivity index is 1.84. The van der Waals surface area contributed by atoms with Gasteiger partial charge in [-0.15, -0.1) is 0 Å². The summed E-state index contributed by atoms with van der Waals surface area (Å²) in [5.74, 6) is 0.0793. The van der Waals surface area contributed by atoms with Crippen LogP contribution in [-0.4, -0.2) is 18.6 Å². The predicted molar refractivity (Wildman–Crippen MR) is 80.7 cm³/mol. The molecule has 18 heavy (non-hydrogen) atoms. The monoisotopic (exact) mass is 359 g/mol. The molecule has 0 spiro atoms. The van der Waals surface area contributed by atoms with E-state index in [1.54, 1.807) is 0 Å². The van der Waals surface area contributed by atoms with Crippen LogP contribution in [0.15, 0.2) is 18.2 Å². The first-order chi connectivity index (χ1) is 8.66. The summed E-state index contributed by atoms with van der Waals surface area (Å²) in [5.41, 5.74) is 2.04. The third-order valence-electron chi connectivity index (χ3n) is 3.26. The van der Waals surface area contributed by atoms with Crippen LogP contribution >= 0.6 is 22.6 Å². The molecular weight excluding hydrogens is 341 g/mol. The van der Waals surface area contributed by atoms with E-state index in [2.05, 4.69) is 27.9 Å².